The number of amides is 2. The van der Waals surface area contributed by atoms with E-state index < -0.39 is 0 Å². The largest absolute Gasteiger partial charge is 0.339 e. The number of carbonyl (C=O) groups is 2. The Morgan fingerprint density at radius 2 is 1.90 bits per heavy atom. The van der Waals surface area contributed by atoms with Crippen molar-refractivity contribution in [3.05, 3.63) is 69.4 Å². The Labute approximate surface area is 174 Å². The molecule has 0 aliphatic carbocycles. The van der Waals surface area contributed by atoms with Crippen LogP contribution in [0.15, 0.2) is 63.1 Å². The summed E-state index contributed by atoms with van der Waals surface area (Å²) in [6.45, 7) is 0. The molecule has 3 heterocycles. The van der Waals surface area contributed by atoms with Crippen LogP contribution in [-0.4, -0.2) is 22.0 Å². The number of aromatic nitrogens is 2. The van der Waals surface area contributed by atoms with Crippen molar-refractivity contribution in [2.75, 3.05) is 10.6 Å². The van der Waals surface area contributed by atoms with E-state index in [2.05, 4.69) is 20.8 Å². The molecule has 0 radical (unpaired) electrons. The van der Waals surface area contributed by atoms with Crippen LogP contribution in [0.2, 0.25) is 0 Å². The van der Waals surface area contributed by atoms with Crippen LogP contribution in [0, 0.1) is 0 Å². The molecule has 29 heavy (non-hydrogen) atoms. The summed E-state index contributed by atoms with van der Waals surface area (Å²) < 4.78 is 5.20. The maximum absolute atomic E-state index is 12.3. The molecule has 0 aliphatic heterocycles. The second-order valence-electron chi connectivity index (χ2n) is 6.08. The molecule has 0 saturated heterocycles. The molecule has 3 aromatic heterocycles. The van der Waals surface area contributed by atoms with Crippen LogP contribution in [0.1, 0.15) is 22.0 Å². The van der Waals surface area contributed by atoms with Gasteiger partial charge in [-0.25, -0.2) is 0 Å². The van der Waals surface area contributed by atoms with Crippen LogP contribution in [0.3, 0.4) is 0 Å². The van der Waals surface area contributed by atoms with E-state index >= 15 is 0 Å². The third-order valence-corrected chi connectivity index (χ3v) is 5.51. The number of rotatable bonds is 7. The van der Waals surface area contributed by atoms with E-state index in [1.165, 1.54) is 11.3 Å². The molecule has 0 aliphatic rings. The second-order valence-corrected chi connectivity index (χ2v) is 7.81. The predicted octanol–water partition coefficient (Wildman–Crippen LogP) is 4.68. The summed E-state index contributed by atoms with van der Waals surface area (Å²) >= 11 is 2.92. The Morgan fingerprint density at radius 1 is 1.03 bits per heavy atom. The minimum Gasteiger partial charge on any atom is -0.339 e. The first kappa shape index (κ1) is 19.0. The number of carbonyl (C=O) groups excluding carboxylic acids is 2. The molecular weight excluding hydrogens is 408 g/mol. The third-order valence-electron chi connectivity index (χ3n) is 3.96. The molecule has 7 nitrogen and oxygen atoms in total. The van der Waals surface area contributed by atoms with Gasteiger partial charge in [0.2, 0.25) is 17.6 Å². The Balaban J connectivity index is 1.31. The number of benzene rings is 1. The average Bonchev–Trinajstić information content (AvgIpc) is 3.49. The van der Waals surface area contributed by atoms with E-state index in [-0.39, 0.29) is 18.2 Å². The van der Waals surface area contributed by atoms with E-state index in [1.54, 1.807) is 41.7 Å². The molecule has 0 saturated carbocycles. The van der Waals surface area contributed by atoms with Crippen molar-refractivity contribution in [3.63, 3.8) is 0 Å². The number of anilines is 2. The summed E-state index contributed by atoms with van der Waals surface area (Å²) in [6.07, 6.45) is 0.550. The van der Waals surface area contributed by atoms with Gasteiger partial charge in [0.15, 0.2) is 0 Å². The van der Waals surface area contributed by atoms with Gasteiger partial charge < -0.3 is 15.2 Å². The zero-order valence-corrected chi connectivity index (χ0v) is 16.8. The number of nitrogens with one attached hydrogen (secondary N) is 2. The summed E-state index contributed by atoms with van der Waals surface area (Å²) in [5, 5.41) is 15.3. The molecule has 9 heteroatoms. The number of aryl methyl sites for hydroxylation is 1. The molecular formula is C20H16N4O3S2. The van der Waals surface area contributed by atoms with E-state index in [0.717, 1.165) is 5.56 Å². The molecule has 4 rings (SSSR count). The highest BCUT2D eigenvalue weighted by Crippen LogP contribution is 2.20. The normalized spacial score (nSPS) is 10.6. The van der Waals surface area contributed by atoms with Crippen LogP contribution in [0.5, 0.6) is 0 Å². The highest BCUT2D eigenvalue weighted by molar-refractivity contribution is 7.12. The van der Waals surface area contributed by atoms with Gasteiger partial charge in [-0.2, -0.15) is 16.3 Å². The molecule has 4 aromatic rings. The summed E-state index contributed by atoms with van der Waals surface area (Å²) in [7, 11) is 0. The summed E-state index contributed by atoms with van der Waals surface area (Å²) in [4.78, 5) is 29.3. The fourth-order valence-corrected chi connectivity index (χ4v) is 3.84. The Kier molecular flexibility index (Phi) is 5.78. The zero-order chi connectivity index (χ0) is 20.1. The van der Waals surface area contributed by atoms with Crippen LogP contribution < -0.4 is 10.6 Å². The SMILES string of the molecule is O=C(CCc1nc(-c2ccsc2)no1)Nc1cccc(NC(=O)c2cccs2)c1. The van der Waals surface area contributed by atoms with Gasteiger partial charge in [0.25, 0.3) is 5.91 Å². The van der Waals surface area contributed by atoms with Gasteiger partial charge in [0.1, 0.15) is 0 Å². The molecule has 2 N–H and O–H groups in total. The van der Waals surface area contributed by atoms with Crippen molar-refractivity contribution in [3.8, 4) is 11.4 Å². The lowest BCUT2D eigenvalue weighted by molar-refractivity contribution is -0.116. The Morgan fingerprint density at radius 3 is 2.66 bits per heavy atom. The third kappa shape index (κ3) is 4.95. The van der Waals surface area contributed by atoms with Gasteiger partial charge >= 0.3 is 0 Å². The minimum absolute atomic E-state index is 0.179. The minimum atomic E-state index is -0.179. The smallest absolute Gasteiger partial charge is 0.265 e. The second kappa shape index (κ2) is 8.80. The lowest BCUT2D eigenvalue weighted by atomic mass is 10.2. The Bertz CT molecular complexity index is 1100. The standard InChI is InChI=1S/C20H16N4O3S2/c25-17(6-7-18-23-19(24-27-18)13-8-10-28-12-13)21-14-3-1-4-15(11-14)22-20(26)16-5-2-9-29-16/h1-5,8-12H,6-7H2,(H,21,25)(H,22,26). The van der Waals surface area contributed by atoms with Crippen molar-refractivity contribution < 1.29 is 14.1 Å². The Hall–Kier alpha value is -3.30. The summed E-state index contributed by atoms with van der Waals surface area (Å²) in [5.41, 5.74) is 2.11. The summed E-state index contributed by atoms with van der Waals surface area (Å²) in [5.74, 6) is 0.581. The van der Waals surface area contributed by atoms with Crippen molar-refractivity contribution >= 4 is 45.9 Å². The van der Waals surface area contributed by atoms with Crippen LogP contribution in [0.4, 0.5) is 11.4 Å². The quantitative estimate of drug-likeness (QED) is 0.449. The van der Waals surface area contributed by atoms with Crippen LogP contribution in [0.25, 0.3) is 11.4 Å². The van der Waals surface area contributed by atoms with E-state index in [4.69, 9.17) is 4.52 Å². The molecule has 0 unspecified atom stereocenters. The topological polar surface area (TPSA) is 97.1 Å². The average molecular weight is 425 g/mol. The van der Waals surface area contributed by atoms with E-state index in [0.29, 0.717) is 34.4 Å². The highest BCUT2D eigenvalue weighted by atomic mass is 32.1. The van der Waals surface area contributed by atoms with E-state index in [9.17, 15) is 9.59 Å². The molecule has 1 aromatic carbocycles. The van der Waals surface area contributed by atoms with Crippen LogP contribution >= 0.6 is 22.7 Å². The van der Waals surface area contributed by atoms with Crippen molar-refractivity contribution in [1.82, 2.24) is 10.1 Å². The van der Waals surface area contributed by atoms with Gasteiger partial charge in [-0.05, 0) is 41.1 Å². The number of thiophene rings is 2. The van der Waals surface area contributed by atoms with Gasteiger partial charge in [-0.3, -0.25) is 9.59 Å². The van der Waals surface area contributed by atoms with Crippen LogP contribution in [-0.2, 0) is 11.2 Å². The highest BCUT2D eigenvalue weighted by Gasteiger charge is 2.12. The molecule has 0 bridgehead atoms. The lowest BCUT2D eigenvalue weighted by Crippen LogP contribution is -2.13. The van der Waals surface area contributed by atoms with Gasteiger partial charge in [0.05, 0.1) is 4.88 Å². The number of hydrogen-bond acceptors (Lipinski definition) is 7. The lowest BCUT2D eigenvalue weighted by Gasteiger charge is -2.08. The molecule has 0 spiro atoms. The summed E-state index contributed by atoms with van der Waals surface area (Å²) in [6, 6.07) is 12.5. The number of hydrogen-bond donors (Lipinski definition) is 2. The molecule has 2 amide bonds. The fourth-order valence-electron chi connectivity index (χ4n) is 2.58. The van der Waals surface area contributed by atoms with Crippen molar-refractivity contribution in [2.24, 2.45) is 0 Å². The fraction of sp³-hybridized carbons (Fsp3) is 0.100. The monoisotopic (exact) mass is 424 g/mol. The zero-order valence-electron chi connectivity index (χ0n) is 15.1. The van der Waals surface area contributed by atoms with Gasteiger partial charge in [0, 0.05) is 35.2 Å². The maximum Gasteiger partial charge on any atom is 0.265 e. The van der Waals surface area contributed by atoms with Gasteiger partial charge in [-0.1, -0.05) is 17.3 Å². The van der Waals surface area contributed by atoms with Crippen molar-refractivity contribution in [1.29, 1.82) is 0 Å². The molecule has 0 atom stereocenters. The first-order valence-electron chi connectivity index (χ1n) is 8.77. The van der Waals surface area contributed by atoms with E-state index in [1.807, 2.05) is 28.3 Å². The van der Waals surface area contributed by atoms with Crippen molar-refractivity contribution in [2.45, 2.75) is 12.8 Å². The first-order chi connectivity index (χ1) is 14.2. The first-order valence-corrected chi connectivity index (χ1v) is 10.6. The van der Waals surface area contributed by atoms with Gasteiger partial charge in [-0.15, -0.1) is 11.3 Å². The molecule has 146 valence electrons. The predicted molar refractivity (Wildman–Crippen MR) is 113 cm³/mol. The molecule has 0 fully saturated rings. The maximum atomic E-state index is 12.3. The number of nitrogens with zero attached hydrogens (tertiary/aromatic N) is 2.